The van der Waals surface area contributed by atoms with Gasteiger partial charge < -0.3 is 10.2 Å². The molecule has 4 atom stereocenters. The van der Waals surface area contributed by atoms with Gasteiger partial charge in [0.1, 0.15) is 0 Å². The molecule has 0 aromatic carbocycles. The first-order valence-electron chi connectivity index (χ1n) is 7.62. The summed E-state index contributed by atoms with van der Waals surface area (Å²) in [4.78, 5) is 0. The zero-order valence-electron chi connectivity index (χ0n) is 11.4. The van der Waals surface area contributed by atoms with Crippen LogP contribution in [0.25, 0.3) is 0 Å². The summed E-state index contributed by atoms with van der Waals surface area (Å²) in [6.45, 7) is 0.715. The molecule has 108 valence electrons. The van der Waals surface area contributed by atoms with Crippen LogP contribution in [0.3, 0.4) is 0 Å². The van der Waals surface area contributed by atoms with Crippen LogP contribution < -0.4 is 0 Å². The zero-order chi connectivity index (χ0) is 13.9. The van der Waals surface area contributed by atoms with E-state index in [0.29, 0.717) is 42.0 Å². The van der Waals surface area contributed by atoms with E-state index in [0.717, 1.165) is 35.7 Å². The second kappa shape index (κ2) is 4.55. The number of allylic oxidation sites excluding steroid dienone is 2. The first kappa shape index (κ1) is 12.8. The van der Waals surface area contributed by atoms with Crippen LogP contribution >= 0.6 is 15.9 Å². The lowest BCUT2D eigenvalue weighted by Gasteiger charge is -2.30. The average Bonchev–Trinajstić information content (AvgIpc) is 3.23. The predicted octanol–water partition coefficient (Wildman–Crippen LogP) is 3.85. The van der Waals surface area contributed by atoms with E-state index in [-0.39, 0.29) is 0 Å². The maximum Gasteiger partial charge on any atom is 0.198 e. The molecule has 4 unspecified atom stereocenters. The third-order valence-corrected chi connectivity index (χ3v) is 5.87. The third kappa shape index (κ3) is 1.63. The molecule has 1 aromatic heterocycles. The van der Waals surface area contributed by atoms with E-state index in [1.807, 2.05) is 0 Å². The largest absolute Gasteiger partial charge is 0.494 e. The number of alkyl halides is 1. The van der Waals surface area contributed by atoms with Crippen molar-refractivity contribution in [1.29, 1.82) is 0 Å². The number of hydrogen-bond donors (Lipinski definition) is 2. The van der Waals surface area contributed by atoms with Gasteiger partial charge in [0, 0.05) is 34.8 Å². The molecule has 0 spiro atoms. The molecule has 4 heteroatoms. The Kier molecular flexibility index (Phi) is 2.92. The molecule has 2 bridgehead atoms. The Morgan fingerprint density at radius 1 is 1.00 bits per heavy atom. The molecule has 1 saturated carbocycles. The van der Waals surface area contributed by atoms with Crippen LogP contribution in [0, 0.1) is 11.8 Å². The lowest BCUT2D eigenvalue weighted by Crippen LogP contribution is -2.18. The molecule has 0 saturated heterocycles. The zero-order valence-corrected chi connectivity index (χ0v) is 13.0. The van der Waals surface area contributed by atoms with Crippen molar-refractivity contribution in [2.75, 3.05) is 5.33 Å². The van der Waals surface area contributed by atoms with E-state index in [2.05, 4.69) is 28.1 Å². The van der Waals surface area contributed by atoms with Crippen molar-refractivity contribution in [1.82, 2.24) is 4.57 Å². The van der Waals surface area contributed by atoms with Crippen LogP contribution in [-0.2, 0) is 6.54 Å². The number of aromatic hydroxyl groups is 2. The molecule has 4 aliphatic carbocycles. The summed E-state index contributed by atoms with van der Waals surface area (Å²) in [5.74, 6) is 2.76. The predicted molar refractivity (Wildman–Crippen MR) is 81.6 cm³/mol. The van der Waals surface area contributed by atoms with Gasteiger partial charge in [-0.1, -0.05) is 34.5 Å². The van der Waals surface area contributed by atoms with Crippen LogP contribution in [0.5, 0.6) is 11.8 Å². The molecular formula is C16H20BrNO2. The number of aromatic nitrogens is 1. The van der Waals surface area contributed by atoms with E-state index in [1.54, 1.807) is 4.57 Å². The standard InChI is InChI=1S/C16H20BrNO2/c17-6-2-1-3-7-18-15(19)13-9-4-5-10(12-8-11(9)12)14(13)16(18)20/h4-5,9-12,19-20H,1-3,6-8H2. The first-order valence-corrected chi connectivity index (χ1v) is 8.74. The van der Waals surface area contributed by atoms with Gasteiger partial charge in [0.2, 0.25) is 0 Å². The van der Waals surface area contributed by atoms with Gasteiger partial charge in [0.25, 0.3) is 0 Å². The molecular weight excluding hydrogens is 318 g/mol. The topological polar surface area (TPSA) is 45.4 Å². The average molecular weight is 338 g/mol. The molecule has 1 heterocycles. The van der Waals surface area contributed by atoms with E-state index in [9.17, 15) is 10.2 Å². The number of halogens is 1. The molecule has 4 aliphatic rings. The molecule has 0 aliphatic heterocycles. The molecule has 2 N–H and O–H groups in total. The Balaban J connectivity index is 1.64. The highest BCUT2D eigenvalue weighted by Gasteiger charge is 2.56. The maximum atomic E-state index is 10.5. The van der Waals surface area contributed by atoms with E-state index >= 15 is 0 Å². The van der Waals surface area contributed by atoms with Gasteiger partial charge in [-0.05, 0) is 31.1 Å². The van der Waals surface area contributed by atoms with Crippen molar-refractivity contribution >= 4 is 15.9 Å². The molecule has 1 aromatic rings. The number of rotatable bonds is 5. The van der Waals surface area contributed by atoms with Crippen molar-refractivity contribution in [2.24, 2.45) is 11.8 Å². The number of nitrogens with zero attached hydrogens (tertiary/aromatic N) is 1. The lowest BCUT2D eigenvalue weighted by atomic mass is 9.73. The molecule has 3 nitrogen and oxygen atoms in total. The van der Waals surface area contributed by atoms with Gasteiger partial charge in [0.15, 0.2) is 11.8 Å². The van der Waals surface area contributed by atoms with Crippen LogP contribution in [0.15, 0.2) is 12.2 Å². The minimum Gasteiger partial charge on any atom is -0.494 e. The van der Waals surface area contributed by atoms with Crippen LogP contribution in [0.2, 0.25) is 0 Å². The van der Waals surface area contributed by atoms with Gasteiger partial charge in [0.05, 0.1) is 0 Å². The second-order valence-corrected chi connectivity index (χ2v) is 7.17. The fourth-order valence-electron chi connectivity index (χ4n) is 4.25. The molecule has 1 fully saturated rings. The van der Waals surface area contributed by atoms with Crippen molar-refractivity contribution in [3.63, 3.8) is 0 Å². The quantitative estimate of drug-likeness (QED) is 0.487. The van der Waals surface area contributed by atoms with Crippen molar-refractivity contribution in [3.8, 4) is 11.8 Å². The molecule has 20 heavy (non-hydrogen) atoms. The Morgan fingerprint density at radius 3 is 2.15 bits per heavy atom. The number of hydrogen-bond acceptors (Lipinski definition) is 2. The van der Waals surface area contributed by atoms with Gasteiger partial charge in [-0.2, -0.15) is 0 Å². The summed E-state index contributed by atoms with van der Waals surface area (Å²) in [5, 5.41) is 22.1. The number of unbranched alkanes of at least 4 members (excludes halogenated alkanes) is 2. The Bertz CT molecular complexity index is 536. The normalized spacial score (nSPS) is 32.2. The van der Waals surface area contributed by atoms with Gasteiger partial charge in [-0.25, -0.2) is 0 Å². The maximum absolute atomic E-state index is 10.5. The summed E-state index contributed by atoms with van der Waals surface area (Å²) in [6, 6.07) is 0. The van der Waals surface area contributed by atoms with Crippen molar-refractivity contribution in [3.05, 3.63) is 23.3 Å². The van der Waals surface area contributed by atoms with Crippen molar-refractivity contribution in [2.45, 2.75) is 44.1 Å². The summed E-state index contributed by atoms with van der Waals surface area (Å²) in [6.07, 6.45) is 8.99. The van der Waals surface area contributed by atoms with Crippen LogP contribution in [0.1, 0.15) is 48.6 Å². The first-order chi connectivity index (χ1) is 9.74. The smallest absolute Gasteiger partial charge is 0.198 e. The summed E-state index contributed by atoms with van der Waals surface area (Å²) < 4.78 is 1.73. The fraction of sp³-hybridized carbons (Fsp3) is 0.625. The third-order valence-electron chi connectivity index (χ3n) is 5.30. The highest BCUT2D eigenvalue weighted by atomic mass is 79.9. The monoisotopic (exact) mass is 337 g/mol. The molecule has 5 rings (SSSR count). The SMILES string of the molecule is Oc1c2c(c(O)n1CCCCCBr)C1C=CC2C2CC12. The van der Waals surface area contributed by atoms with Crippen LogP contribution in [0.4, 0.5) is 0 Å². The van der Waals surface area contributed by atoms with Crippen LogP contribution in [-0.4, -0.2) is 20.1 Å². The van der Waals surface area contributed by atoms with E-state index in [4.69, 9.17) is 0 Å². The minimum atomic E-state index is 0.320. The minimum absolute atomic E-state index is 0.320. The Morgan fingerprint density at radius 2 is 1.60 bits per heavy atom. The summed E-state index contributed by atoms with van der Waals surface area (Å²) in [5.41, 5.74) is 2.04. The van der Waals surface area contributed by atoms with Gasteiger partial charge in [-0.15, -0.1) is 0 Å². The fourth-order valence-corrected chi connectivity index (χ4v) is 4.65. The van der Waals surface area contributed by atoms with Gasteiger partial charge >= 0.3 is 0 Å². The Hall–Kier alpha value is -0.900. The summed E-state index contributed by atoms with van der Waals surface area (Å²) in [7, 11) is 0. The molecule has 0 radical (unpaired) electrons. The Labute approximate surface area is 127 Å². The van der Waals surface area contributed by atoms with Gasteiger partial charge in [-0.3, -0.25) is 4.57 Å². The molecule has 0 amide bonds. The second-order valence-electron chi connectivity index (χ2n) is 6.38. The van der Waals surface area contributed by atoms with Crippen molar-refractivity contribution < 1.29 is 10.2 Å². The van der Waals surface area contributed by atoms with E-state index in [1.165, 1.54) is 6.42 Å². The summed E-state index contributed by atoms with van der Waals surface area (Å²) >= 11 is 3.43. The van der Waals surface area contributed by atoms with E-state index < -0.39 is 0 Å². The highest BCUT2D eigenvalue weighted by Crippen LogP contribution is 2.67. The highest BCUT2D eigenvalue weighted by molar-refractivity contribution is 9.09. The lowest BCUT2D eigenvalue weighted by molar-refractivity contribution is 0.359.